The summed E-state index contributed by atoms with van der Waals surface area (Å²) in [5, 5.41) is 8.66. The summed E-state index contributed by atoms with van der Waals surface area (Å²) in [6, 6.07) is 4.45. The van der Waals surface area contributed by atoms with Gasteiger partial charge in [-0.25, -0.2) is 18.2 Å². The van der Waals surface area contributed by atoms with Crippen LogP contribution in [-0.2, 0) is 24.3 Å². The summed E-state index contributed by atoms with van der Waals surface area (Å²) < 4.78 is 35.8. The molecule has 1 aliphatic rings. The fraction of sp³-hybridized carbons (Fsp3) is 0.417. The molecular weight excluding hydrogens is 298 g/mol. The lowest BCUT2D eigenvalue weighted by molar-refractivity contribution is -0.157. The van der Waals surface area contributed by atoms with Crippen LogP contribution in [0.3, 0.4) is 0 Å². The summed E-state index contributed by atoms with van der Waals surface area (Å²) in [7, 11) is -2.58. The van der Waals surface area contributed by atoms with Gasteiger partial charge in [-0.15, -0.1) is 0 Å². The predicted octanol–water partition coefficient (Wildman–Crippen LogP) is -0.484. The molecular formula is C12H13N3O5S. The first-order valence-corrected chi connectivity index (χ1v) is 7.49. The highest BCUT2D eigenvalue weighted by Crippen LogP contribution is 2.18. The van der Waals surface area contributed by atoms with Crippen LogP contribution >= 0.6 is 0 Å². The van der Waals surface area contributed by atoms with Gasteiger partial charge in [0, 0.05) is 12.7 Å². The Morgan fingerprint density at radius 1 is 1.57 bits per heavy atom. The molecule has 2 heterocycles. The number of carbonyl (C=O) groups excluding carboxylic acids is 1. The van der Waals surface area contributed by atoms with Crippen molar-refractivity contribution in [2.24, 2.45) is 0 Å². The zero-order valence-corrected chi connectivity index (χ0v) is 12.0. The smallest absolute Gasteiger partial charge is 0.336 e. The third-order valence-electron chi connectivity index (χ3n) is 2.98. The lowest BCUT2D eigenvalue weighted by atomic mass is 10.3. The molecule has 2 rings (SSSR count). The number of rotatable bonds is 3. The molecule has 1 atom stereocenters. The van der Waals surface area contributed by atoms with Crippen molar-refractivity contribution >= 4 is 16.0 Å². The lowest BCUT2D eigenvalue weighted by Crippen LogP contribution is -2.48. The molecule has 1 saturated heterocycles. The Hall–Kier alpha value is -2.02. The first-order chi connectivity index (χ1) is 9.98. The van der Waals surface area contributed by atoms with Crippen molar-refractivity contribution in [2.45, 2.75) is 11.0 Å². The number of morpholine rings is 1. The van der Waals surface area contributed by atoms with E-state index >= 15 is 0 Å². The van der Waals surface area contributed by atoms with Crippen molar-refractivity contribution < 1.29 is 22.7 Å². The van der Waals surface area contributed by atoms with Crippen LogP contribution in [0.15, 0.2) is 23.2 Å². The van der Waals surface area contributed by atoms with Crippen LogP contribution in [-0.4, -0.2) is 56.6 Å². The minimum atomic E-state index is -3.79. The average molecular weight is 311 g/mol. The minimum absolute atomic E-state index is 0.0352. The van der Waals surface area contributed by atoms with Crippen LogP contribution < -0.4 is 0 Å². The van der Waals surface area contributed by atoms with E-state index in [2.05, 4.69) is 9.72 Å². The molecule has 0 N–H and O–H groups in total. The SMILES string of the molecule is COC(=O)C1CN(S(=O)(=O)c2ccc(C#N)nc2)CCO1. The number of aromatic nitrogens is 1. The molecule has 1 aromatic heterocycles. The fourth-order valence-electron chi connectivity index (χ4n) is 1.87. The molecule has 0 aromatic carbocycles. The second kappa shape index (κ2) is 6.17. The number of esters is 1. The van der Waals surface area contributed by atoms with Gasteiger partial charge in [0.15, 0.2) is 6.10 Å². The van der Waals surface area contributed by atoms with E-state index < -0.39 is 22.1 Å². The zero-order chi connectivity index (χ0) is 15.5. The molecule has 0 saturated carbocycles. The Balaban J connectivity index is 2.22. The molecule has 1 aliphatic heterocycles. The van der Waals surface area contributed by atoms with Crippen molar-refractivity contribution in [3.8, 4) is 6.07 Å². The summed E-state index contributed by atoms with van der Waals surface area (Å²) in [6.45, 7) is 0.119. The van der Waals surface area contributed by atoms with E-state index in [4.69, 9.17) is 10.00 Å². The number of pyridine rings is 1. The van der Waals surface area contributed by atoms with E-state index in [0.29, 0.717) is 0 Å². The highest BCUT2D eigenvalue weighted by atomic mass is 32.2. The lowest BCUT2D eigenvalue weighted by Gasteiger charge is -2.30. The standard InChI is InChI=1S/C12H13N3O5S/c1-19-12(16)11-8-15(4-5-20-11)21(17,18)10-3-2-9(6-13)14-7-10/h2-3,7,11H,4-5,8H2,1H3. The van der Waals surface area contributed by atoms with Gasteiger partial charge in [-0.3, -0.25) is 0 Å². The first kappa shape index (κ1) is 15.4. The molecule has 0 bridgehead atoms. The molecule has 1 unspecified atom stereocenters. The van der Waals surface area contributed by atoms with E-state index in [1.165, 1.54) is 19.2 Å². The Morgan fingerprint density at radius 3 is 2.90 bits per heavy atom. The number of hydrogen-bond donors (Lipinski definition) is 0. The van der Waals surface area contributed by atoms with Crippen LogP contribution in [0.2, 0.25) is 0 Å². The number of hydrogen-bond acceptors (Lipinski definition) is 7. The molecule has 8 nitrogen and oxygen atoms in total. The van der Waals surface area contributed by atoms with Gasteiger partial charge in [-0.2, -0.15) is 9.57 Å². The second-order valence-corrected chi connectivity index (χ2v) is 6.17. The van der Waals surface area contributed by atoms with Gasteiger partial charge in [0.2, 0.25) is 10.0 Å². The maximum atomic E-state index is 12.4. The Labute approximate surface area is 122 Å². The van der Waals surface area contributed by atoms with Crippen LogP contribution in [0.5, 0.6) is 0 Å². The monoisotopic (exact) mass is 311 g/mol. The highest BCUT2D eigenvalue weighted by molar-refractivity contribution is 7.89. The van der Waals surface area contributed by atoms with Crippen LogP contribution in [0.4, 0.5) is 0 Å². The summed E-state index contributed by atoms with van der Waals surface area (Å²) >= 11 is 0. The molecule has 0 amide bonds. The average Bonchev–Trinajstić information content (AvgIpc) is 2.54. The fourth-order valence-corrected chi connectivity index (χ4v) is 3.24. The summed E-state index contributed by atoms with van der Waals surface area (Å²) in [6.07, 6.45) is 0.182. The summed E-state index contributed by atoms with van der Waals surface area (Å²) in [5.74, 6) is -0.618. The Bertz CT molecular complexity index is 665. The number of ether oxygens (including phenoxy) is 2. The molecule has 1 fully saturated rings. The van der Waals surface area contributed by atoms with E-state index in [1.54, 1.807) is 0 Å². The number of carbonyl (C=O) groups is 1. The van der Waals surface area contributed by atoms with Crippen LogP contribution in [0.1, 0.15) is 5.69 Å². The molecule has 0 radical (unpaired) electrons. The van der Waals surface area contributed by atoms with E-state index in [-0.39, 0.29) is 30.3 Å². The number of nitriles is 1. The van der Waals surface area contributed by atoms with Gasteiger partial charge in [0.25, 0.3) is 0 Å². The van der Waals surface area contributed by atoms with Gasteiger partial charge in [-0.1, -0.05) is 0 Å². The molecule has 1 aromatic rings. The number of sulfonamides is 1. The summed E-state index contributed by atoms with van der Waals surface area (Å²) in [5.41, 5.74) is 0.128. The highest BCUT2D eigenvalue weighted by Gasteiger charge is 2.34. The van der Waals surface area contributed by atoms with Gasteiger partial charge in [0.1, 0.15) is 16.7 Å². The van der Waals surface area contributed by atoms with Crippen molar-refractivity contribution in [1.29, 1.82) is 5.26 Å². The Kier molecular flexibility index (Phi) is 4.52. The zero-order valence-electron chi connectivity index (χ0n) is 11.2. The maximum absolute atomic E-state index is 12.4. The molecule has 112 valence electrons. The predicted molar refractivity (Wildman–Crippen MR) is 69.5 cm³/mol. The van der Waals surface area contributed by atoms with Gasteiger partial charge in [0.05, 0.1) is 20.3 Å². The molecule has 0 aliphatic carbocycles. The van der Waals surface area contributed by atoms with Crippen LogP contribution in [0.25, 0.3) is 0 Å². The number of nitrogens with zero attached hydrogens (tertiary/aromatic N) is 3. The largest absolute Gasteiger partial charge is 0.467 e. The van der Waals surface area contributed by atoms with Crippen molar-refractivity contribution in [3.05, 3.63) is 24.0 Å². The van der Waals surface area contributed by atoms with Crippen LogP contribution in [0, 0.1) is 11.3 Å². The topological polar surface area (TPSA) is 110 Å². The summed E-state index contributed by atoms with van der Waals surface area (Å²) in [4.78, 5) is 15.1. The quantitative estimate of drug-likeness (QED) is 0.693. The van der Waals surface area contributed by atoms with Crippen molar-refractivity contribution in [3.63, 3.8) is 0 Å². The van der Waals surface area contributed by atoms with Gasteiger partial charge >= 0.3 is 5.97 Å². The molecule has 0 spiro atoms. The van der Waals surface area contributed by atoms with E-state index in [0.717, 1.165) is 10.5 Å². The number of methoxy groups -OCH3 is 1. The van der Waals surface area contributed by atoms with Crippen molar-refractivity contribution in [1.82, 2.24) is 9.29 Å². The first-order valence-electron chi connectivity index (χ1n) is 6.05. The van der Waals surface area contributed by atoms with Gasteiger partial charge in [-0.05, 0) is 12.1 Å². The molecule has 21 heavy (non-hydrogen) atoms. The van der Waals surface area contributed by atoms with E-state index in [9.17, 15) is 13.2 Å². The third-order valence-corrected chi connectivity index (χ3v) is 4.83. The maximum Gasteiger partial charge on any atom is 0.336 e. The molecule has 9 heteroatoms. The second-order valence-electron chi connectivity index (χ2n) is 4.24. The third kappa shape index (κ3) is 3.18. The van der Waals surface area contributed by atoms with Gasteiger partial charge < -0.3 is 9.47 Å². The Morgan fingerprint density at radius 2 is 2.33 bits per heavy atom. The van der Waals surface area contributed by atoms with E-state index in [1.807, 2.05) is 6.07 Å². The normalized spacial score (nSPS) is 19.7. The minimum Gasteiger partial charge on any atom is -0.467 e. The van der Waals surface area contributed by atoms with Crippen molar-refractivity contribution in [2.75, 3.05) is 26.8 Å².